The maximum absolute atomic E-state index is 11.2. The van der Waals surface area contributed by atoms with E-state index in [4.69, 9.17) is 0 Å². The molecule has 0 aliphatic rings. The average molecular weight is 307 g/mol. The third-order valence-electron chi connectivity index (χ3n) is 3.31. The van der Waals surface area contributed by atoms with Gasteiger partial charge in [-0.1, -0.05) is 19.8 Å². The lowest BCUT2D eigenvalue weighted by Crippen LogP contribution is -2.23. The van der Waals surface area contributed by atoms with E-state index in [0.29, 0.717) is 6.42 Å². The smallest absolute Gasteiger partial charge is 0.269 e. The SMILES string of the molecule is CCCC(=O)NCCCCCCNc1ccc([N+](=O)[O-])cc1. The Balaban J connectivity index is 2.01. The number of amides is 1. The first-order valence-electron chi connectivity index (χ1n) is 7.88. The molecule has 0 bridgehead atoms. The van der Waals surface area contributed by atoms with E-state index in [0.717, 1.165) is 50.9 Å². The molecule has 0 radical (unpaired) electrons. The van der Waals surface area contributed by atoms with Crippen molar-refractivity contribution < 1.29 is 9.72 Å². The number of anilines is 1. The lowest BCUT2D eigenvalue weighted by Gasteiger charge is -2.06. The average Bonchev–Trinajstić information content (AvgIpc) is 2.50. The molecule has 0 unspecified atom stereocenters. The Hall–Kier alpha value is -2.11. The van der Waals surface area contributed by atoms with Crippen molar-refractivity contribution in [3.63, 3.8) is 0 Å². The van der Waals surface area contributed by atoms with E-state index in [1.54, 1.807) is 12.1 Å². The largest absolute Gasteiger partial charge is 0.385 e. The molecule has 6 heteroatoms. The van der Waals surface area contributed by atoms with Crippen LogP contribution < -0.4 is 10.6 Å². The number of hydrogen-bond donors (Lipinski definition) is 2. The van der Waals surface area contributed by atoms with Crippen LogP contribution in [0.5, 0.6) is 0 Å². The van der Waals surface area contributed by atoms with E-state index in [9.17, 15) is 14.9 Å². The van der Waals surface area contributed by atoms with Crippen LogP contribution in [0, 0.1) is 10.1 Å². The van der Waals surface area contributed by atoms with Crippen molar-refractivity contribution in [3.05, 3.63) is 34.4 Å². The van der Waals surface area contributed by atoms with Gasteiger partial charge < -0.3 is 10.6 Å². The van der Waals surface area contributed by atoms with Crippen LogP contribution in [-0.4, -0.2) is 23.9 Å². The molecule has 0 saturated carbocycles. The summed E-state index contributed by atoms with van der Waals surface area (Å²) in [7, 11) is 0. The van der Waals surface area contributed by atoms with Crippen LogP contribution in [0.1, 0.15) is 45.4 Å². The number of carbonyl (C=O) groups is 1. The van der Waals surface area contributed by atoms with Crippen molar-refractivity contribution >= 4 is 17.3 Å². The fourth-order valence-corrected chi connectivity index (χ4v) is 2.08. The fraction of sp³-hybridized carbons (Fsp3) is 0.562. The van der Waals surface area contributed by atoms with Gasteiger partial charge in [-0.2, -0.15) is 0 Å². The van der Waals surface area contributed by atoms with E-state index in [2.05, 4.69) is 10.6 Å². The third-order valence-corrected chi connectivity index (χ3v) is 3.31. The molecule has 0 saturated heterocycles. The molecule has 0 fully saturated rings. The summed E-state index contributed by atoms with van der Waals surface area (Å²) >= 11 is 0. The van der Waals surface area contributed by atoms with Crippen LogP contribution in [-0.2, 0) is 4.79 Å². The van der Waals surface area contributed by atoms with Gasteiger partial charge in [0, 0.05) is 37.3 Å². The van der Waals surface area contributed by atoms with Crippen LogP contribution in [0.15, 0.2) is 24.3 Å². The van der Waals surface area contributed by atoms with Crippen molar-refractivity contribution in [1.29, 1.82) is 0 Å². The molecule has 1 aromatic rings. The molecule has 6 nitrogen and oxygen atoms in total. The fourth-order valence-electron chi connectivity index (χ4n) is 2.08. The highest BCUT2D eigenvalue weighted by molar-refractivity contribution is 5.75. The zero-order valence-electron chi connectivity index (χ0n) is 13.1. The lowest BCUT2D eigenvalue weighted by molar-refractivity contribution is -0.384. The van der Waals surface area contributed by atoms with Crippen LogP contribution in [0.2, 0.25) is 0 Å². The van der Waals surface area contributed by atoms with Gasteiger partial charge >= 0.3 is 0 Å². The normalized spacial score (nSPS) is 10.2. The summed E-state index contributed by atoms with van der Waals surface area (Å²) in [4.78, 5) is 21.4. The van der Waals surface area contributed by atoms with Crippen molar-refractivity contribution in [3.8, 4) is 0 Å². The number of rotatable bonds is 11. The van der Waals surface area contributed by atoms with Gasteiger partial charge in [0.2, 0.25) is 5.91 Å². The molecule has 0 aromatic heterocycles. The minimum Gasteiger partial charge on any atom is -0.385 e. The summed E-state index contributed by atoms with van der Waals surface area (Å²) < 4.78 is 0. The predicted octanol–water partition coefficient (Wildman–Crippen LogP) is 3.48. The van der Waals surface area contributed by atoms with E-state index in [1.807, 2.05) is 6.92 Å². The van der Waals surface area contributed by atoms with Crippen LogP contribution in [0.3, 0.4) is 0 Å². The summed E-state index contributed by atoms with van der Waals surface area (Å²) in [6.45, 7) is 3.60. The van der Waals surface area contributed by atoms with Crippen molar-refractivity contribution in [2.45, 2.75) is 45.4 Å². The number of nitro groups is 1. The van der Waals surface area contributed by atoms with E-state index >= 15 is 0 Å². The zero-order chi connectivity index (χ0) is 16.2. The molecule has 0 atom stereocenters. The molecule has 1 aromatic carbocycles. The van der Waals surface area contributed by atoms with Crippen molar-refractivity contribution in [2.24, 2.45) is 0 Å². The molecular formula is C16H25N3O3. The second kappa shape index (κ2) is 10.6. The number of non-ortho nitro benzene ring substituents is 1. The number of nitrogens with zero attached hydrogens (tertiary/aromatic N) is 1. The molecule has 22 heavy (non-hydrogen) atoms. The topological polar surface area (TPSA) is 84.3 Å². The predicted molar refractivity (Wildman–Crippen MR) is 88.0 cm³/mol. The summed E-state index contributed by atoms with van der Waals surface area (Å²) in [5.41, 5.74) is 1.01. The Morgan fingerprint density at radius 1 is 1.09 bits per heavy atom. The monoisotopic (exact) mass is 307 g/mol. The van der Waals surface area contributed by atoms with Crippen molar-refractivity contribution in [2.75, 3.05) is 18.4 Å². The van der Waals surface area contributed by atoms with Gasteiger partial charge in [-0.3, -0.25) is 14.9 Å². The van der Waals surface area contributed by atoms with Gasteiger partial charge in [0.25, 0.3) is 5.69 Å². The lowest BCUT2D eigenvalue weighted by atomic mass is 10.2. The number of benzene rings is 1. The summed E-state index contributed by atoms with van der Waals surface area (Å²) in [5, 5.41) is 16.7. The maximum Gasteiger partial charge on any atom is 0.269 e. The molecule has 1 rings (SSSR count). The number of hydrogen-bond acceptors (Lipinski definition) is 4. The Labute approximate surface area is 131 Å². The molecule has 0 heterocycles. The first-order valence-corrected chi connectivity index (χ1v) is 7.88. The molecule has 1 amide bonds. The number of carbonyl (C=O) groups excluding carboxylic acids is 1. The van der Waals surface area contributed by atoms with Crippen LogP contribution >= 0.6 is 0 Å². The Morgan fingerprint density at radius 2 is 1.73 bits per heavy atom. The first kappa shape index (κ1) is 17.9. The maximum atomic E-state index is 11.2. The van der Waals surface area contributed by atoms with Crippen molar-refractivity contribution in [1.82, 2.24) is 5.32 Å². The van der Waals surface area contributed by atoms with Gasteiger partial charge in [-0.25, -0.2) is 0 Å². The van der Waals surface area contributed by atoms with Crippen LogP contribution in [0.25, 0.3) is 0 Å². The Bertz CT molecular complexity index is 460. The van der Waals surface area contributed by atoms with E-state index in [1.165, 1.54) is 12.1 Å². The Morgan fingerprint density at radius 3 is 2.32 bits per heavy atom. The zero-order valence-corrected chi connectivity index (χ0v) is 13.1. The van der Waals surface area contributed by atoms with Gasteiger partial charge in [0.1, 0.15) is 0 Å². The minimum absolute atomic E-state index is 0.107. The molecule has 0 spiro atoms. The highest BCUT2D eigenvalue weighted by atomic mass is 16.6. The Kier molecular flexibility index (Phi) is 8.64. The van der Waals surface area contributed by atoms with Gasteiger partial charge in [0.05, 0.1) is 4.92 Å². The molecule has 0 aliphatic heterocycles. The number of unbranched alkanes of at least 4 members (excludes halogenated alkanes) is 3. The highest BCUT2D eigenvalue weighted by Crippen LogP contribution is 2.15. The summed E-state index contributed by atoms with van der Waals surface area (Å²) in [5.74, 6) is 0.141. The van der Waals surface area contributed by atoms with Gasteiger partial charge in [-0.15, -0.1) is 0 Å². The summed E-state index contributed by atoms with van der Waals surface area (Å²) in [6.07, 6.45) is 5.74. The second-order valence-corrected chi connectivity index (χ2v) is 5.24. The van der Waals surface area contributed by atoms with Gasteiger partial charge in [-0.05, 0) is 31.4 Å². The molecule has 2 N–H and O–H groups in total. The minimum atomic E-state index is -0.400. The van der Waals surface area contributed by atoms with Gasteiger partial charge in [0.15, 0.2) is 0 Å². The molecule has 122 valence electrons. The molecular weight excluding hydrogens is 282 g/mol. The first-order chi connectivity index (χ1) is 10.6. The number of nitrogens with one attached hydrogen (secondary N) is 2. The number of nitro benzene ring substituents is 1. The second-order valence-electron chi connectivity index (χ2n) is 5.24. The van der Waals surface area contributed by atoms with Crippen LogP contribution in [0.4, 0.5) is 11.4 Å². The van der Waals surface area contributed by atoms with E-state index in [-0.39, 0.29) is 11.6 Å². The van der Waals surface area contributed by atoms with E-state index < -0.39 is 4.92 Å². The quantitative estimate of drug-likeness (QED) is 0.372. The summed E-state index contributed by atoms with van der Waals surface area (Å²) in [6, 6.07) is 6.45. The molecule has 0 aliphatic carbocycles. The standard InChI is InChI=1S/C16H25N3O3/c1-2-7-16(20)18-13-6-4-3-5-12-17-14-8-10-15(11-9-14)19(21)22/h8-11,17H,2-7,12-13H2,1H3,(H,18,20). The third kappa shape index (κ3) is 7.61. The highest BCUT2D eigenvalue weighted by Gasteiger charge is 2.03.